The number of hydrogen-bond acceptors (Lipinski definition) is 24. The average Bonchev–Trinajstić information content (AvgIpc) is 3.16. The molecule has 0 rings (SSSR count). The van der Waals surface area contributed by atoms with E-state index in [0.717, 1.165) is 0 Å². The lowest BCUT2D eigenvalue weighted by Crippen LogP contribution is -2.47. The van der Waals surface area contributed by atoms with E-state index < -0.39 is 130 Å². The van der Waals surface area contributed by atoms with E-state index in [1.807, 2.05) is 0 Å². The molecule has 0 aromatic rings. The Morgan fingerprint density at radius 2 is 0.579 bits per heavy atom. The summed E-state index contributed by atoms with van der Waals surface area (Å²) in [5.74, 6) is -8.40. The van der Waals surface area contributed by atoms with Crippen LogP contribution in [0.4, 0.5) is 0 Å². The summed E-state index contributed by atoms with van der Waals surface area (Å²) < 4.78 is 61.3. The molecule has 0 fully saturated rings. The first-order valence-corrected chi connectivity index (χ1v) is 17.6. The molecule has 0 aliphatic heterocycles. The van der Waals surface area contributed by atoms with Gasteiger partial charge >= 0.3 is 47.8 Å². The van der Waals surface area contributed by atoms with Gasteiger partial charge in [0.2, 0.25) is 0 Å². The van der Waals surface area contributed by atoms with Crippen molar-refractivity contribution in [1.82, 2.24) is 0 Å². The zero-order valence-corrected chi connectivity index (χ0v) is 32.6. The van der Waals surface area contributed by atoms with E-state index in [-0.39, 0.29) is 52.6 Å². The normalized spacial score (nSPS) is 14.0. The smallest absolute Gasteiger partial charge is 0.347 e. The van der Waals surface area contributed by atoms with Gasteiger partial charge in [-0.2, -0.15) is 0 Å². The van der Waals surface area contributed by atoms with Crippen molar-refractivity contribution in [3.8, 4) is 0 Å². The third-order valence-electron chi connectivity index (χ3n) is 6.57. The summed E-state index contributed by atoms with van der Waals surface area (Å²) in [6.07, 6.45) is -6.14. The van der Waals surface area contributed by atoms with Gasteiger partial charge in [-0.05, 0) is 27.7 Å². The summed E-state index contributed by atoms with van der Waals surface area (Å²) >= 11 is 0. The van der Waals surface area contributed by atoms with Gasteiger partial charge in [0.25, 0.3) is 0 Å². The minimum absolute atomic E-state index is 0.0340. The van der Waals surface area contributed by atoms with Crippen LogP contribution < -0.4 is 22.9 Å². The molecule has 0 bridgehead atoms. The number of carbonyl (C=O) groups is 8. The van der Waals surface area contributed by atoms with Crippen LogP contribution in [0, 0.1) is 5.41 Å². The predicted molar refractivity (Wildman–Crippen MR) is 188 cm³/mol. The SMILES string of the molecule is CC(OC(=O)COCCN)C(=O)OCC(COC(=O)C(C)OC(=O)COCCN)(COC(=O)C(C)OC(=O)COCCN)COC(=O)C(C)OC(=O)COCCN. The van der Waals surface area contributed by atoms with Crippen LogP contribution in [0.3, 0.4) is 0 Å². The second-order valence-electron chi connectivity index (χ2n) is 11.8. The number of nitrogens with two attached hydrogens (primary N) is 4. The standard InChI is InChI=1S/C33H56N4O20/c1-21(54-25(38)13-46-9-5-34)29(42)50-17-33(18-51-30(43)22(2)55-26(39)14-47-10-6-35,19-52-31(44)23(3)56-27(40)15-48-11-7-36)20-53-32(45)24(4)57-28(41)16-49-12-8-37/h21-24H,5-20,34-37H2,1-4H3. The molecule has 4 atom stereocenters. The second kappa shape index (κ2) is 30.6. The molecule has 8 N–H and O–H groups in total. The van der Waals surface area contributed by atoms with E-state index in [9.17, 15) is 38.4 Å². The quantitative estimate of drug-likeness (QED) is 0.0283. The Morgan fingerprint density at radius 3 is 0.754 bits per heavy atom. The number of carbonyl (C=O) groups excluding carboxylic acids is 8. The summed E-state index contributed by atoms with van der Waals surface area (Å²) in [6.45, 7) is -0.342. The minimum Gasteiger partial charge on any atom is -0.462 e. The van der Waals surface area contributed by atoms with Gasteiger partial charge < -0.3 is 79.8 Å². The van der Waals surface area contributed by atoms with Gasteiger partial charge in [-0.15, -0.1) is 0 Å². The van der Waals surface area contributed by atoms with Crippen molar-refractivity contribution in [1.29, 1.82) is 0 Å². The molecule has 328 valence electrons. The van der Waals surface area contributed by atoms with Crippen LogP contribution in [-0.2, 0) is 95.2 Å². The maximum Gasteiger partial charge on any atom is 0.347 e. The molecule has 0 saturated carbocycles. The molecule has 0 aliphatic carbocycles. The van der Waals surface area contributed by atoms with Gasteiger partial charge in [0.05, 0.1) is 26.4 Å². The number of esters is 8. The average molecular weight is 829 g/mol. The highest BCUT2D eigenvalue weighted by atomic mass is 16.6. The molecule has 0 saturated heterocycles. The lowest BCUT2D eigenvalue weighted by atomic mass is 9.92. The van der Waals surface area contributed by atoms with Crippen LogP contribution in [0.1, 0.15) is 27.7 Å². The first kappa shape index (κ1) is 52.4. The van der Waals surface area contributed by atoms with Gasteiger partial charge in [0.15, 0.2) is 24.4 Å². The van der Waals surface area contributed by atoms with Crippen LogP contribution in [0.15, 0.2) is 0 Å². The van der Waals surface area contributed by atoms with E-state index in [4.69, 9.17) is 79.8 Å². The third-order valence-corrected chi connectivity index (χ3v) is 6.57. The molecule has 24 heteroatoms. The zero-order chi connectivity index (χ0) is 43.2. The molecule has 57 heavy (non-hydrogen) atoms. The van der Waals surface area contributed by atoms with E-state index >= 15 is 0 Å². The third kappa shape index (κ3) is 24.6. The Labute approximate surface area is 328 Å². The highest BCUT2D eigenvalue weighted by Crippen LogP contribution is 2.23. The first-order valence-electron chi connectivity index (χ1n) is 17.6. The van der Waals surface area contributed by atoms with Gasteiger partial charge in [-0.25, -0.2) is 38.4 Å². The molecule has 4 unspecified atom stereocenters. The van der Waals surface area contributed by atoms with Crippen molar-refractivity contribution in [2.24, 2.45) is 28.3 Å². The van der Waals surface area contributed by atoms with Crippen molar-refractivity contribution in [3.63, 3.8) is 0 Å². The minimum atomic E-state index is -1.99. The topological polar surface area (TPSA) is 351 Å². The highest BCUT2D eigenvalue weighted by molar-refractivity contribution is 5.81. The molecular weight excluding hydrogens is 772 g/mol. The van der Waals surface area contributed by atoms with Crippen molar-refractivity contribution < 1.29 is 95.2 Å². The number of rotatable bonds is 32. The molecule has 0 spiro atoms. The lowest BCUT2D eigenvalue weighted by Gasteiger charge is -2.32. The van der Waals surface area contributed by atoms with Crippen molar-refractivity contribution in [2.75, 3.05) is 105 Å². The maximum atomic E-state index is 13.0. The van der Waals surface area contributed by atoms with E-state index in [1.54, 1.807) is 0 Å². The van der Waals surface area contributed by atoms with E-state index in [2.05, 4.69) is 0 Å². The van der Waals surface area contributed by atoms with Crippen molar-refractivity contribution in [3.05, 3.63) is 0 Å². The van der Waals surface area contributed by atoms with E-state index in [1.165, 1.54) is 27.7 Å². The van der Waals surface area contributed by atoms with Gasteiger partial charge in [-0.3, -0.25) is 0 Å². The van der Waals surface area contributed by atoms with E-state index in [0.29, 0.717) is 0 Å². The highest BCUT2D eigenvalue weighted by Gasteiger charge is 2.40. The molecular formula is C33H56N4O20. The van der Waals surface area contributed by atoms with Crippen molar-refractivity contribution >= 4 is 47.8 Å². The summed E-state index contributed by atoms with van der Waals surface area (Å²) in [6, 6.07) is 0. The van der Waals surface area contributed by atoms with Gasteiger partial charge in [0, 0.05) is 26.2 Å². The molecule has 0 aromatic carbocycles. The Balaban J connectivity index is 6.36. The first-order chi connectivity index (χ1) is 27.0. The Morgan fingerprint density at radius 1 is 0.386 bits per heavy atom. The molecule has 24 nitrogen and oxygen atoms in total. The molecule has 0 amide bonds. The molecule has 0 heterocycles. The fourth-order valence-electron chi connectivity index (χ4n) is 3.69. The Hall–Kier alpha value is -4.56. The lowest BCUT2D eigenvalue weighted by molar-refractivity contribution is -0.189. The number of ether oxygens (including phenoxy) is 12. The van der Waals surface area contributed by atoms with Gasteiger partial charge in [0.1, 0.15) is 58.3 Å². The van der Waals surface area contributed by atoms with Gasteiger partial charge in [-0.1, -0.05) is 0 Å². The van der Waals surface area contributed by atoms with Crippen LogP contribution in [0.5, 0.6) is 0 Å². The molecule has 0 aliphatic rings. The molecule has 0 aromatic heterocycles. The fraction of sp³-hybridized carbons (Fsp3) is 0.758. The predicted octanol–water partition coefficient (Wildman–Crippen LogP) is -4.23. The molecule has 0 radical (unpaired) electrons. The monoisotopic (exact) mass is 828 g/mol. The summed E-state index contributed by atoms with van der Waals surface area (Å²) in [4.78, 5) is 100. The summed E-state index contributed by atoms with van der Waals surface area (Å²) in [5.41, 5.74) is 19.3. The summed E-state index contributed by atoms with van der Waals surface area (Å²) in [5, 5.41) is 0. The van der Waals surface area contributed by atoms with Crippen LogP contribution in [0.2, 0.25) is 0 Å². The maximum absolute atomic E-state index is 13.0. The van der Waals surface area contributed by atoms with Crippen molar-refractivity contribution in [2.45, 2.75) is 52.1 Å². The van der Waals surface area contributed by atoms with Crippen LogP contribution in [0.25, 0.3) is 0 Å². The fourth-order valence-corrected chi connectivity index (χ4v) is 3.69. The zero-order valence-electron chi connectivity index (χ0n) is 32.6. The largest absolute Gasteiger partial charge is 0.462 e. The Kier molecular flexibility index (Phi) is 28.1. The second-order valence-corrected chi connectivity index (χ2v) is 11.8. The summed E-state index contributed by atoms with van der Waals surface area (Å²) in [7, 11) is 0. The Bertz CT molecular complexity index is 1080. The van der Waals surface area contributed by atoms with Crippen LogP contribution >= 0.6 is 0 Å². The number of hydrogen-bond donors (Lipinski definition) is 4. The van der Waals surface area contributed by atoms with Crippen LogP contribution in [-0.4, -0.2) is 178 Å².